The standard InChI is InChI=1S/C16H19N5/c1-3-17-14-12-20-11-10-18-15(20)16(19-14)21(4-2)13-8-6-5-7-9-13/h5-12,17H,3-4H2,1-2H3. The Labute approximate surface area is 124 Å². The molecule has 5 nitrogen and oxygen atoms in total. The molecule has 0 unspecified atom stereocenters. The van der Waals surface area contributed by atoms with Gasteiger partial charge >= 0.3 is 0 Å². The van der Waals surface area contributed by atoms with E-state index < -0.39 is 0 Å². The Kier molecular flexibility index (Phi) is 3.73. The van der Waals surface area contributed by atoms with Gasteiger partial charge in [0, 0.05) is 31.2 Å². The smallest absolute Gasteiger partial charge is 0.180 e. The number of para-hydroxylation sites is 1. The van der Waals surface area contributed by atoms with Crippen LogP contribution in [0.1, 0.15) is 13.8 Å². The summed E-state index contributed by atoms with van der Waals surface area (Å²) in [6.45, 7) is 5.85. The monoisotopic (exact) mass is 281 g/mol. The first-order chi connectivity index (χ1) is 10.3. The van der Waals surface area contributed by atoms with Gasteiger partial charge in [-0.1, -0.05) is 18.2 Å². The molecule has 0 spiro atoms. The lowest BCUT2D eigenvalue weighted by Gasteiger charge is -2.23. The highest BCUT2D eigenvalue weighted by atomic mass is 15.2. The molecule has 1 aromatic carbocycles. The number of benzene rings is 1. The number of nitrogens with one attached hydrogen (secondary N) is 1. The quantitative estimate of drug-likeness (QED) is 0.779. The molecule has 1 N–H and O–H groups in total. The number of rotatable bonds is 5. The maximum atomic E-state index is 4.74. The van der Waals surface area contributed by atoms with Gasteiger partial charge in [0.1, 0.15) is 5.82 Å². The van der Waals surface area contributed by atoms with Crippen LogP contribution in [0.2, 0.25) is 0 Å². The number of hydrogen-bond acceptors (Lipinski definition) is 4. The first kappa shape index (κ1) is 13.4. The van der Waals surface area contributed by atoms with Crippen LogP contribution in [0, 0.1) is 0 Å². The van der Waals surface area contributed by atoms with E-state index in [1.165, 1.54) is 0 Å². The van der Waals surface area contributed by atoms with E-state index in [4.69, 9.17) is 4.98 Å². The molecule has 0 amide bonds. The van der Waals surface area contributed by atoms with Gasteiger partial charge in [0.25, 0.3) is 0 Å². The van der Waals surface area contributed by atoms with Gasteiger partial charge < -0.3 is 14.6 Å². The zero-order valence-corrected chi connectivity index (χ0v) is 12.3. The van der Waals surface area contributed by atoms with Crippen molar-refractivity contribution in [2.24, 2.45) is 0 Å². The van der Waals surface area contributed by atoms with E-state index in [-0.39, 0.29) is 0 Å². The topological polar surface area (TPSA) is 45.5 Å². The highest BCUT2D eigenvalue weighted by Crippen LogP contribution is 2.27. The molecular formula is C16H19N5. The molecule has 0 saturated heterocycles. The number of aromatic nitrogens is 3. The molecule has 108 valence electrons. The first-order valence-corrected chi connectivity index (χ1v) is 7.23. The van der Waals surface area contributed by atoms with E-state index in [2.05, 4.69) is 41.2 Å². The van der Waals surface area contributed by atoms with Crippen molar-refractivity contribution in [3.63, 3.8) is 0 Å². The summed E-state index contributed by atoms with van der Waals surface area (Å²) in [5, 5.41) is 3.27. The Morgan fingerprint density at radius 2 is 2.00 bits per heavy atom. The predicted octanol–water partition coefficient (Wildman–Crippen LogP) is 3.32. The summed E-state index contributed by atoms with van der Waals surface area (Å²) in [5.41, 5.74) is 1.98. The third kappa shape index (κ3) is 2.54. The maximum absolute atomic E-state index is 4.74. The third-order valence-electron chi connectivity index (χ3n) is 3.35. The summed E-state index contributed by atoms with van der Waals surface area (Å²) in [4.78, 5) is 11.4. The number of imidazole rings is 1. The first-order valence-electron chi connectivity index (χ1n) is 7.23. The fourth-order valence-electron chi connectivity index (χ4n) is 2.43. The fourth-order valence-corrected chi connectivity index (χ4v) is 2.43. The lowest BCUT2D eigenvalue weighted by atomic mass is 10.3. The minimum absolute atomic E-state index is 0.828. The van der Waals surface area contributed by atoms with Crippen LogP contribution in [0.25, 0.3) is 5.65 Å². The summed E-state index contributed by atoms with van der Waals surface area (Å²) in [7, 11) is 0. The van der Waals surface area contributed by atoms with Gasteiger partial charge in [-0.25, -0.2) is 9.97 Å². The molecule has 0 aliphatic carbocycles. The molecule has 0 radical (unpaired) electrons. The zero-order valence-electron chi connectivity index (χ0n) is 12.3. The highest BCUT2D eigenvalue weighted by molar-refractivity contribution is 5.73. The van der Waals surface area contributed by atoms with Crippen LogP contribution < -0.4 is 10.2 Å². The molecule has 0 saturated carbocycles. The van der Waals surface area contributed by atoms with Crippen molar-refractivity contribution >= 4 is 23.0 Å². The second kappa shape index (κ2) is 5.83. The molecule has 0 atom stereocenters. The number of hydrogen-bond donors (Lipinski definition) is 1. The SMILES string of the molecule is CCNc1cn2ccnc2c(N(CC)c2ccccc2)n1. The molecule has 0 bridgehead atoms. The molecule has 2 aromatic heterocycles. The van der Waals surface area contributed by atoms with Crippen molar-refractivity contribution in [3.8, 4) is 0 Å². The van der Waals surface area contributed by atoms with Crippen LogP contribution in [0.5, 0.6) is 0 Å². The normalized spacial score (nSPS) is 10.8. The Balaban J connectivity index is 2.14. The Bertz CT molecular complexity index is 720. The van der Waals surface area contributed by atoms with E-state index in [0.717, 1.165) is 36.1 Å². The van der Waals surface area contributed by atoms with Gasteiger partial charge in [-0.15, -0.1) is 0 Å². The average Bonchev–Trinajstić information content (AvgIpc) is 2.98. The van der Waals surface area contributed by atoms with Crippen molar-refractivity contribution in [2.45, 2.75) is 13.8 Å². The van der Waals surface area contributed by atoms with Gasteiger partial charge in [0.15, 0.2) is 11.5 Å². The van der Waals surface area contributed by atoms with Gasteiger partial charge in [0.2, 0.25) is 0 Å². The van der Waals surface area contributed by atoms with Gasteiger partial charge in [-0.05, 0) is 26.0 Å². The maximum Gasteiger partial charge on any atom is 0.180 e. The van der Waals surface area contributed by atoms with Gasteiger partial charge in [-0.3, -0.25) is 0 Å². The molecule has 0 aliphatic heterocycles. The van der Waals surface area contributed by atoms with E-state index >= 15 is 0 Å². The summed E-state index contributed by atoms with van der Waals surface area (Å²) >= 11 is 0. The van der Waals surface area contributed by atoms with Crippen LogP contribution in [0.15, 0.2) is 48.9 Å². The minimum atomic E-state index is 0.828. The summed E-state index contributed by atoms with van der Waals surface area (Å²) in [6.07, 6.45) is 5.71. The lowest BCUT2D eigenvalue weighted by molar-refractivity contribution is 0.971. The second-order valence-electron chi connectivity index (χ2n) is 4.72. The van der Waals surface area contributed by atoms with Crippen molar-refractivity contribution < 1.29 is 0 Å². The van der Waals surface area contributed by atoms with Crippen LogP contribution in [-0.4, -0.2) is 27.5 Å². The molecule has 5 heteroatoms. The molecule has 21 heavy (non-hydrogen) atoms. The molecule has 0 aliphatic rings. The summed E-state index contributed by atoms with van der Waals surface area (Å²) < 4.78 is 2.01. The highest BCUT2D eigenvalue weighted by Gasteiger charge is 2.15. The predicted molar refractivity (Wildman–Crippen MR) is 86.3 cm³/mol. The Morgan fingerprint density at radius 1 is 1.19 bits per heavy atom. The van der Waals surface area contributed by atoms with Crippen molar-refractivity contribution in [1.82, 2.24) is 14.4 Å². The fraction of sp³-hybridized carbons (Fsp3) is 0.250. The van der Waals surface area contributed by atoms with E-state index in [1.54, 1.807) is 6.20 Å². The zero-order chi connectivity index (χ0) is 14.7. The summed E-state index contributed by atoms with van der Waals surface area (Å²) in [6, 6.07) is 10.3. The van der Waals surface area contributed by atoms with E-state index in [1.807, 2.05) is 35.0 Å². The molecule has 0 fully saturated rings. The Hall–Kier alpha value is -2.56. The Morgan fingerprint density at radius 3 is 2.71 bits per heavy atom. The van der Waals surface area contributed by atoms with Crippen LogP contribution in [0.4, 0.5) is 17.3 Å². The van der Waals surface area contributed by atoms with Crippen LogP contribution >= 0.6 is 0 Å². The van der Waals surface area contributed by atoms with E-state index in [0.29, 0.717) is 0 Å². The minimum Gasteiger partial charge on any atom is -0.369 e. The molecule has 2 heterocycles. The van der Waals surface area contributed by atoms with Gasteiger partial charge in [0.05, 0.1) is 6.20 Å². The van der Waals surface area contributed by atoms with E-state index in [9.17, 15) is 0 Å². The van der Waals surface area contributed by atoms with Crippen LogP contribution in [-0.2, 0) is 0 Å². The summed E-state index contributed by atoms with van der Waals surface area (Å²) in [5.74, 6) is 1.72. The largest absolute Gasteiger partial charge is 0.369 e. The average molecular weight is 281 g/mol. The van der Waals surface area contributed by atoms with Crippen molar-refractivity contribution in [3.05, 3.63) is 48.9 Å². The molecular weight excluding hydrogens is 262 g/mol. The lowest BCUT2D eigenvalue weighted by Crippen LogP contribution is -2.19. The van der Waals surface area contributed by atoms with Crippen molar-refractivity contribution in [1.29, 1.82) is 0 Å². The van der Waals surface area contributed by atoms with Crippen LogP contribution in [0.3, 0.4) is 0 Å². The third-order valence-corrected chi connectivity index (χ3v) is 3.35. The number of anilines is 3. The second-order valence-corrected chi connectivity index (χ2v) is 4.72. The van der Waals surface area contributed by atoms with Gasteiger partial charge in [-0.2, -0.15) is 0 Å². The number of nitrogens with zero attached hydrogens (tertiary/aromatic N) is 4. The number of fused-ring (bicyclic) bond motifs is 1. The van der Waals surface area contributed by atoms with Crippen molar-refractivity contribution in [2.75, 3.05) is 23.3 Å². The molecule has 3 aromatic rings. The molecule has 3 rings (SSSR count).